The van der Waals surface area contributed by atoms with Gasteiger partial charge in [0.15, 0.2) is 5.52 Å². The summed E-state index contributed by atoms with van der Waals surface area (Å²) in [7, 11) is 0. The summed E-state index contributed by atoms with van der Waals surface area (Å²) in [6.07, 6.45) is 3.76. The molecule has 2 N–H and O–H groups in total. The number of nitrogens with one attached hydrogen (secondary N) is 2. The second-order valence-electron chi connectivity index (χ2n) is 7.18. The second-order valence-corrected chi connectivity index (χ2v) is 7.18. The average molecular weight is 368 g/mol. The second kappa shape index (κ2) is 7.94. The maximum Gasteiger partial charge on any atom is 0.328 e. The van der Waals surface area contributed by atoms with Crippen molar-refractivity contribution in [1.82, 2.24) is 14.5 Å². The van der Waals surface area contributed by atoms with Crippen LogP contribution >= 0.6 is 0 Å². The Hall–Kier alpha value is -2.63. The van der Waals surface area contributed by atoms with Crippen molar-refractivity contribution in [3.8, 4) is 0 Å². The summed E-state index contributed by atoms with van der Waals surface area (Å²) in [4.78, 5) is 33.1. The van der Waals surface area contributed by atoms with Crippen molar-refractivity contribution >= 4 is 27.6 Å². The van der Waals surface area contributed by atoms with E-state index in [4.69, 9.17) is 0 Å². The van der Waals surface area contributed by atoms with Crippen LogP contribution in [0.5, 0.6) is 0 Å². The molecule has 0 unspecified atom stereocenters. The zero-order chi connectivity index (χ0) is 19.6. The van der Waals surface area contributed by atoms with Crippen LogP contribution in [-0.4, -0.2) is 21.1 Å². The number of hydrogen-bond donors (Lipinski definition) is 2. The molecule has 0 atom stereocenters. The average Bonchev–Trinajstić information content (AvgIpc) is 2.63. The largest absolute Gasteiger partial charge is 0.383 e. The number of hydrogen-bond acceptors (Lipinski definition) is 4. The van der Waals surface area contributed by atoms with Gasteiger partial charge in [-0.3, -0.25) is 9.36 Å². The molecular formula is C21H28N4O2. The van der Waals surface area contributed by atoms with Crippen LogP contribution in [0.2, 0.25) is 0 Å². The topological polar surface area (TPSA) is 79.8 Å². The Morgan fingerprint density at radius 1 is 1.07 bits per heavy atom. The summed E-state index contributed by atoms with van der Waals surface area (Å²) in [5.74, 6) is 0. The fourth-order valence-electron chi connectivity index (χ4n) is 3.29. The molecule has 27 heavy (non-hydrogen) atoms. The zero-order valence-corrected chi connectivity index (χ0v) is 16.6. The first kappa shape index (κ1) is 19.1. The van der Waals surface area contributed by atoms with Gasteiger partial charge in [-0.25, -0.2) is 9.78 Å². The molecule has 6 nitrogen and oxygen atoms in total. The number of aromatic nitrogens is 3. The Bertz CT molecular complexity index is 1100. The van der Waals surface area contributed by atoms with Gasteiger partial charge in [0.2, 0.25) is 0 Å². The predicted molar refractivity (Wildman–Crippen MR) is 112 cm³/mol. The Morgan fingerprint density at radius 2 is 1.78 bits per heavy atom. The van der Waals surface area contributed by atoms with Crippen LogP contribution in [0.1, 0.15) is 50.7 Å². The highest BCUT2D eigenvalue weighted by Crippen LogP contribution is 2.30. The van der Waals surface area contributed by atoms with Gasteiger partial charge < -0.3 is 10.3 Å². The fourth-order valence-corrected chi connectivity index (χ4v) is 3.29. The van der Waals surface area contributed by atoms with Crippen molar-refractivity contribution in [2.45, 2.75) is 59.9 Å². The molecule has 2 aromatic heterocycles. The van der Waals surface area contributed by atoms with Gasteiger partial charge in [-0.1, -0.05) is 26.7 Å². The van der Waals surface area contributed by atoms with E-state index in [2.05, 4.69) is 35.2 Å². The number of aromatic amines is 1. The van der Waals surface area contributed by atoms with Crippen LogP contribution in [0.15, 0.2) is 21.7 Å². The van der Waals surface area contributed by atoms with Gasteiger partial charge in [-0.2, -0.15) is 0 Å². The van der Waals surface area contributed by atoms with Crippen molar-refractivity contribution in [2.75, 3.05) is 11.9 Å². The molecule has 0 aliphatic carbocycles. The fraction of sp³-hybridized carbons (Fsp3) is 0.476. The molecule has 6 heteroatoms. The molecule has 2 heterocycles. The van der Waals surface area contributed by atoms with Gasteiger partial charge in [0.1, 0.15) is 0 Å². The normalized spacial score (nSPS) is 11.4. The highest BCUT2D eigenvalue weighted by molar-refractivity contribution is 6.05. The molecule has 3 rings (SSSR count). The summed E-state index contributed by atoms with van der Waals surface area (Å²) in [5, 5.41) is 4.37. The van der Waals surface area contributed by atoms with E-state index in [0.29, 0.717) is 17.6 Å². The molecule has 0 saturated heterocycles. The van der Waals surface area contributed by atoms with E-state index in [1.807, 2.05) is 19.9 Å². The number of aryl methyl sites for hydroxylation is 2. The Balaban J connectivity index is 2.34. The molecule has 0 amide bonds. The maximum atomic E-state index is 13.0. The number of rotatable bonds is 7. The maximum absolute atomic E-state index is 13.0. The van der Waals surface area contributed by atoms with Crippen LogP contribution in [-0.2, 0) is 6.54 Å². The van der Waals surface area contributed by atoms with E-state index in [1.54, 1.807) is 0 Å². The number of fused-ring (bicyclic) bond motifs is 2. The summed E-state index contributed by atoms with van der Waals surface area (Å²) in [6.45, 7) is 9.45. The first-order chi connectivity index (χ1) is 13.0. The minimum Gasteiger partial charge on any atom is -0.383 e. The molecule has 144 valence electrons. The summed E-state index contributed by atoms with van der Waals surface area (Å²) in [5.41, 5.74) is 3.99. The van der Waals surface area contributed by atoms with E-state index in [9.17, 15) is 9.59 Å². The molecule has 1 aromatic carbocycles. The Labute approximate surface area is 158 Å². The standard InChI is InChI=1S/C21H28N4O2/c1-5-7-9-22-17-15-11-13(3)14(4)12-16(15)23-19-18(17)24-21(27)25(20(19)26)10-8-6-2/h11-12H,5-10H2,1-4H3,(H,22,23)(H,24,27). The quantitative estimate of drug-likeness (QED) is 0.490. The first-order valence-corrected chi connectivity index (χ1v) is 9.79. The van der Waals surface area contributed by atoms with Crippen LogP contribution in [0.3, 0.4) is 0 Å². The van der Waals surface area contributed by atoms with E-state index >= 15 is 0 Å². The monoisotopic (exact) mass is 368 g/mol. The number of unbranched alkanes of at least 4 members (excludes halogenated alkanes) is 2. The molecule has 3 aromatic rings. The van der Waals surface area contributed by atoms with Crippen LogP contribution in [0.4, 0.5) is 5.69 Å². The Morgan fingerprint density at radius 3 is 2.48 bits per heavy atom. The van der Waals surface area contributed by atoms with Gasteiger partial charge in [0.25, 0.3) is 5.56 Å². The third-order valence-electron chi connectivity index (χ3n) is 5.09. The predicted octanol–water partition coefficient (Wildman–Crippen LogP) is 3.87. The molecule has 0 radical (unpaired) electrons. The number of anilines is 1. The van der Waals surface area contributed by atoms with Gasteiger partial charge in [-0.15, -0.1) is 0 Å². The first-order valence-electron chi connectivity index (χ1n) is 9.79. The molecule has 0 aliphatic heterocycles. The van der Waals surface area contributed by atoms with Gasteiger partial charge in [0.05, 0.1) is 16.7 Å². The van der Waals surface area contributed by atoms with Crippen molar-refractivity contribution < 1.29 is 0 Å². The van der Waals surface area contributed by atoms with E-state index in [0.717, 1.165) is 59.9 Å². The van der Waals surface area contributed by atoms with Crippen molar-refractivity contribution in [2.24, 2.45) is 0 Å². The number of H-pyrrole nitrogens is 1. The lowest BCUT2D eigenvalue weighted by molar-refractivity contribution is 0.588. The van der Waals surface area contributed by atoms with E-state index in [1.165, 1.54) is 4.57 Å². The molecule has 0 saturated carbocycles. The highest BCUT2D eigenvalue weighted by Gasteiger charge is 2.16. The lowest BCUT2D eigenvalue weighted by atomic mass is 10.0. The van der Waals surface area contributed by atoms with Gasteiger partial charge in [0, 0.05) is 18.5 Å². The third-order valence-corrected chi connectivity index (χ3v) is 5.09. The lowest BCUT2D eigenvalue weighted by Gasteiger charge is -2.15. The zero-order valence-electron chi connectivity index (χ0n) is 16.6. The summed E-state index contributed by atoms with van der Waals surface area (Å²) in [6, 6.07) is 4.09. The molecule has 0 fully saturated rings. The van der Waals surface area contributed by atoms with Gasteiger partial charge in [-0.05, 0) is 49.9 Å². The van der Waals surface area contributed by atoms with Crippen LogP contribution in [0, 0.1) is 13.8 Å². The SMILES string of the molecule is CCCCNc1c2cc(C)c(C)cc2nc2c(=O)n(CCCC)c(=O)[nH]c12. The lowest BCUT2D eigenvalue weighted by Crippen LogP contribution is -2.35. The molecule has 0 aliphatic rings. The minimum absolute atomic E-state index is 0.319. The molecular weight excluding hydrogens is 340 g/mol. The number of nitrogens with zero attached hydrogens (tertiary/aromatic N) is 2. The van der Waals surface area contributed by atoms with Crippen molar-refractivity contribution in [1.29, 1.82) is 0 Å². The van der Waals surface area contributed by atoms with Crippen LogP contribution < -0.4 is 16.6 Å². The molecule has 0 spiro atoms. The van der Waals surface area contributed by atoms with Crippen molar-refractivity contribution in [3.63, 3.8) is 0 Å². The number of benzene rings is 1. The highest BCUT2D eigenvalue weighted by atomic mass is 16.2. The smallest absolute Gasteiger partial charge is 0.328 e. The van der Waals surface area contributed by atoms with Gasteiger partial charge >= 0.3 is 5.69 Å². The summed E-state index contributed by atoms with van der Waals surface area (Å²) < 4.78 is 1.27. The molecule has 0 bridgehead atoms. The minimum atomic E-state index is -0.371. The van der Waals surface area contributed by atoms with Crippen LogP contribution in [0.25, 0.3) is 21.9 Å². The number of pyridine rings is 1. The Kier molecular flexibility index (Phi) is 5.63. The van der Waals surface area contributed by atoms with Crippen molar-refractivity contribution in [3.05, 3.63) is 44.1 Å². The van der Waals surface area contributed by atoms with E-state index in [-0.39, 0.29) is 11.2 Å². The van der Waals surface area contributed by atoms with E-state index < -0.39 is 0 Å². The third kappa shape index (κ3) is 3.61. The summed E-state index contributed by atoms with van der Waals surface area (Å²) >= 11 is 0.